The van der Waals surface area contributed by atoms with Crippen LogP contribution in [0.4, 0.5) is 5.69 Å². The number of hydrogen-bond acceptors (Lipinski definition) is 8. The lowest BCUT2D eigenvalue weighted by Gasteiger charge is -2.31. The number of aromatic nitrogens is 2. The van der Waals surface area contributed by atoms with Crippen LogP contribution in [0.2, 0.25) is 5.02 Å². The van der Waals surface area contributed by atoms with E-state index in [1.54, 1.807) is 31.2 Å². The Morgan fingerprint density at radius 2 is 1.89 bits per heavy atom. The van der Waals surface area contributed by atoms with Crippen LogP contribution in [0.3, 0.4) is 0 Å². The first-order chi connectivity index (χ1) is 16.7. The third-order valence-electron chi connectivity index (χ3n) is 5.71. The smallest absolute Gasteiger partial charge is 0.244 e. The van der Waals surface area contributed by atoms with Gasteiger partial charge in [-0.25, -0.2) is 8.42 Å². The third kappa shape index (κ3) is 5.42. The highest BCUT2D eigenvalue weighted by Gasteiger charge is 2.35. The number of rotatable bonds is 7. The van der Waals surface area contributed by atoms with E-state index in [0.29, 0.717) is 41.5 Å². The van der Waals surface area contributed by atoms with Gasteiger partial charge in [0.1, 0.15) is 16.4 Å². The number of anilines is 1. The van der Waals surface area contributed by atoms with Crippen molar-refractivity contribution in [2.24, 2.45) is 5.92 Å². The summed E-state index contributed by atoms with van der Waals surface area (Å²) in [6.45, 7) is 1.95. The molecule has 35 heavy (non-hydrogen) atoms. The average Bonchev–Trinajstić information content (AvgIpc) is 3.30. The lowest BCUT2D eigenvalue weighted by molar-refractivity contribution is -0.120. The number of methoxy groups -OCH3 is 2. The second-order valence-corrected chi connectivity index (χ2v) is 10.4. The van der Waals surface area contributed by atoms with Crippen molar-refractivity contribution in [2.75, 3.05) is 32.6 Å². The number of hydrogen-bond donors (Lipinski definition) is 1. The number of piperidine rings is 1. The SMILES string of the molecule is COc1cc(NC(=O)[C@@H]2CCCN(S(=O)(=O)c3cc(-c4noc(C)n4)ccc3Cl)C2)cc(OC)c1. The molecule has 0 aliphatic carbocycles. The molecule has 0 bridgehead atoms. The fourth-order valence-corrected chi connectivity index (χ4v) is 5.92. The number of halogens is 1. The molecule has 1 aromatic heterocycles. The van der Waals surface area contributed by atoms with Gasteiger partial charge >= 0.3 is 0 Å². The zero-order chi connectivity index (χ0) is 25.2. The van der Waals surface area contributed by atoms with Crippen LogP contribution in [0.15, 0.2) is 45.8 Å². The molecule has 1 aliphatic heterocycles. The van der Waals surface area contributed by atoms with E-state index in [1.807, 2.05) is 0 Å². The molecule has 186 valence electrons. The Morgan fingerprint density at radius 1 is 1.17 bits per heavy atom. The van der Waals surface area contributed by atoms with Crippen LogP contribution in [0.5, 0.6) is 11.5 Å². The first kappa shape index (κ1) is 25.0. The standard InChI is InChI=1S/C23H25ClN4O6S/c1-14-25-22(27-34-14)15-6-7-20(24)21(9-15)35(30,31)28-8-4-5-16(13-28)23(29)26-17-10-18(32-2)12-19(11-17)33-3/h6-7,9-12,16H,4-5,8,13H2,1-3H3,(H,26,29)/t16-/m1/s1. The van der Waals surface area contributed by atoms with Gasteiger partial charge in [-0.3, -0.25) is 4.79 Å². The van der Waals surface area contributed by atoms with E-state index in [2.05, 4.69) is 15.5 Å². The number of ether oxygens (including phenoxy) is 2. The fourth-order valence-electron chi connectivity index (χ4n) is 3.89. The molecule has 1 fully saturated rings. The third-order valence-corrected chi connectivity index (χ3v) is 8.06. The zero-order valence-electron chi connectivity index (χ0n) is 19.4. The summed E-state index contributed by atoms with van der Waals surface area (Å²) in [7, 11) is -0.946. The lowest BCUT2D eigenvalue weighted by atomic mass is 9.98. The van der Waals surface area contributed by atoms with Crippen LogP contribution < -0.4 is 14.8 Å². The van der Waals surface area contributed by atoms with Crippen molar-refractivity contribution >= 4 is 33.2 Å². The maximum atomic E-state index is 13.5. The molecule has 10 nitrogen and oxygen atoms in total. The molecule has 0 unspecified atom stereocenters. The molecule has 0 saturated carbocycles. The average molecular weight is 521 g/mol. The minimum absolute atomic E-state index is 0.0249. The van der Waals surface area contributed by atoms with Crippen LogP contribution in [-0.4, -0.2) is 56.1 Å². The molecule has 1 saturated heterocycles. The number of sulfonamides is 1. The summed E-state index contributed by atoms with van der Waals surface area (Å²) in [6, 6.07) is 9.57. The van der Waals surface area contributed by atoms with Crippen LogP contribution in [0.1, 0.15) is 18.7 Å². The number of aryl methyl sites for hydroxylation is 1. The zero-order valence-corrected chi connectivity index (χ0v) is 21.0. The van der Waals surface area contributed by atoms with Gasteiger partial charge in [-0.1, -0.05) is 16.8 Å². The number of nitrogens with one attached hydrogen (secondary N) is 1. The molecule has 4 rings (SSSR count). The van der Waals surface area contributed by atoms with Gasteiger partial charge in [-0.05, 0) is 31.0 Å². The quantitative estimate of drug-likeness (QED) is 0.499. The van der Waals surface area contributed by atoms with Crippen molar-refractivity contribution in [3.05, 3.63) is 47.3 Å². The van der Waals surface area contributed by atoms with Gasteiger partial charge in [-0.15, -0.1) is 0 Å². The van der Waals surface area contributed by atoms with Crippen molar-refractivity contribution in [1.29, 1.82) is 0 Å². The first-order valence-corrected chi connectivity index (χ1v) is 12.7. The maximum Gasteiger partial charge on any atom is 0.244 e. The number of carbonyl (C=O) groups is 1. The van der Waals surface area contributed by atoms with Crippen LogP contribution in [0.25, 0.3) is 11.4 Å². The Morgan fingerprint density at radius 3 is 2.51 bits per heavy atom. The number of nitrogens with zero attached hydrogens (tertiary/aromatic N) is 3. The van der Waals surface area contributed by atoms with Gasteiger partial charge in [0.15, 0.2) is 0 Å². The molecule has 0 radical (unpaired) electrons. The Balaban J connectivity index is 1.54. The predicted molar refractivity (Wildman–Crippen MR) is 129 cm³/mol. The maximum absolute atomic E-state index is 13.5. The van der Waals surface area contributed by atoms with E-state index >= 15 is 0 Å². The number of carbonyl (C=O) groups excluding carboxylic acids is 1. The Labute approximate surface area is 208 Å². The molecule has 12 heteroatoms. The van der Waals surface area contributed by atoms with E-state index in [-0.39, 0.29) is 34.7 Å². The molecule has 3 aromatic rings. The van der Waals surface area contributed by atoms with Crippen molar-refractivity contribution in [3.8, 4) is 22.9 Å². The molecular weight excluding hydrogens is 496 g/mol. The summed E-state index contributed by atoms with van der Waals surface area (Å²) < 4.78 is 43.8. The van der Waals surface area contributed by atoms with Crippen LogP contribution >= 0.6 is 11.6 Å². The minimum atomic E-state index is -3.98. The van der Waals surface area contributed by atoms with Crippen molar-refractivity contribution in [2.45, 2.75) is 24.7 Å². The Hall–Kier alpha value is -3.15. The van der Waals surface area contributed by atoms with Gasteiger partial charge in [-0.2, -0.15) is 9.29 Å². The summed E-state index contributed by atoms with van der Waals surface area (Å²) in [5.41, 5.74) is 0.959. The summed E-state index contributed by atoms with van der Waals surface area (Å²) in [4.78, 5) is 17.1. The van der Waals surface area contributed by atoms with Gasteiger partial charge in [0.25, 0.3) is 0 Å². The predicted octanol–water partition coefficient (Wildman–Crippen LogP) is 3.76. The summed E-state index contributed by atoms with van der Waals surface area (Å²) in [5.74, 6) is 0.843. The second-order valence-electron chi connectivity index (χ2n) is 8.07. The van der Waals surface area contributed by atoms with Crippen molar-refractivity contribution < 1.29 is 27.2 Å². The summed E-state index contributed by atoms with van der Waals surface area (Å²) in [6.07, 6.45) is 1.08. The highest BCUT2D eigenvalue weighted by atomic mass is 35.5. The first-order valence-electron chi connectivity index (χ1n) is 10.9. The monoisotopic (exact) mass is 520 g/mol. The highest BCUT2D eigenvalue weighted by Crippen LogP contribution is 2.32. The van der Waals surface area contributed by atoms with E-state index in [0.717, 1.165) is 0 Å². The minimum Gasteiger partial charge on any atom is -0.497 e. The van der Waals surface area contributed by atoms with E-state index in [9.17, 15) is 13.2 Å². The molecule has 2 heterocycles. The topological polar surface area (TPSA) is 124 Å². The number of amides is 1. The number of benzene rings is 2. The second kappa shape index (κ2) is 10.2. The lowest BCUT2D eigenvalue weighted by Crippen LogP contribution is -2.43. The Kier molecular flexibility index (Phi) is 7.29. The summed E-state index contributed by atoms with van der Waals surface area (Å²) in [5, 5.41) is 6.76. The highest BCUT2D eigenvalue weighted by molar-refractivity contribution is 7.89. The normalized spacial score (nSPS) is 16.6. The van der Waals surface area contributed by atoms with Gasteiger partial charge in [0.2, 0.25) is 27.6 Å². The van der Waals surface area contributed by atoms with Crippen molar-refractivity contribution in [3.63, 3.8) is 0 Å². The van der Waals surface area contributed by atoms with E-state index in [1.165, 1.54) is 30.7 Å². The van der Waals surface area contributed by atoms with Crippen molar-refractivity contribution in [1.82, 2.24) is 14.4 Å². The van der Waals surface area contributed by atoms with E-state index < -0.39 is 15.9 Å². The van der Waals surface area contributed by atoms with Crippen LogP contribution in [0, 0.1) is 12.8 Å². The van der Waals surface area contributed by atoms with E-state index in [4.69, 9.17) is 25.6 Å². The van der Waals surface area contributed by atoms with Crippen LogP contribution in [-0.2, 0) is 14.8 Å². The van der Waals surface area contributed by atoms with Gasteiger partial charge < -0.3 is 19.3 Å². The van der Waals surface area contributed by atoms with Gasteiger partial charge in [0.05, 0.1) is 25.2 Å². The van der Waals surface area contributed by atoms with Gasteiger partial charge in [0, 0.05) is 49.5 Å². The molecular formula is C23H25ClN4O6S. The molecule has 0 spiro atoms. The fraction of sp³-hybridized carbons (Fsp3) is 0.348. The summed E-state index contributed by atoms with van der Waals surface area (Å²) >= 11 is 6.28. The largest absolute Gasteiger partial charge is 0.497 e. The molecule has 1 atom stereocenters. The molecule has 2 aromatic carbocycles. The molecule has 1 N–H and O–H groups in total. The molecule has 1 amide bonds. The Bertz CT molecular complexity index is 1320. The molecule has 1 aliphatic rings.